The Morgan fingerprint density at radius 2 is 2.19 bits per heavy atom. The number of fused-ring (bicyclic) bond motifs is 1. The minimum atomic E-state index is -0.434. The lowest BCUT2D eigenvalue weighted by Crippen LogP contribution is -2.02. The Kier molecular flexibility index (Phi) is 3.18. The van der Waals surface area contributed by atoms with Gasteiger partial charge in [-0.1, -0.05) is 11.3 Å². The number of benzene rings is 1. The Morgan fingerprint density at radius 3 is 2.81 bits per heavy atom. The fraction of sp³-hybridized carbons (Fsp3) is 0.111. The van der Waals surface area contributed by atoms with E-state index in [4.69, 9.17) is 9.15 Å². The minimum absolute atomic E-state index is 0.344. The molecule has 0 aliphatic carbocycles. The highest BCUT2D eigenvalue weighted by atomic mass is 79.9. The fourth-order valence-corrected chi connectivity index (χ4v) is 3.33. The molecule has 0 spiro atoms. The van der Waals surface area contributed by atoms with Crippen molar-refractivity contribution >= 4 is 59.4 Å². The lowest BCUT2D eigenvalue weighted by atomic mass is 10.3. The average Bonchev–Trinajstić information content (AvgIpc) is 2.53. The number of carbonyl (C=O) groups excluding carboxylic acids is 1. The van der Waals surface area contributed by atoms with Crippen LogP contribution in [0.3, 0.4) is 0 Å². The van der Waals surface area contributed by atoms with Gasteiger partial charge in [-0.2, -0.15) is 0 Å². The molecule has 84 valence electrons. The largest absolute Gasteiger partial charge is 0.424 e. The second kappa shape index (κ2) is 4.31. The third-order valence-electron chi connectivity index (χ3n) is 1.72. The lowest BCUT2D eigenvalue weighted by Gasteiger charge is -2.06. The maximum Gasteiger partial charge on any atom is 0.396 e. The number of hydrogen-bond donors (Lipinski definition) is 0. The van der Waals surface area contributed by atoms with Crippen LogP contribution in [-0.2, 0) is 4.79 Å². The van der Waals surface area contributed by atoms with Gasteiger partial charge in [0, 0.05) is 13.0 Å². The van der Waals surface area contributed by atoms with Crippen LogP contribution in [0.25, 0.3) is 10.3 Å². The quantitative estimate of drug-likeness (QED) is 0.573. The first kappa shape index (κ1) is 11.8. The van der Waals surface area contributed by atoms with Gasteiger partial charge in [0.1, 0.15) is 0 Å². The smallest absolute Gasteiger partial charge is 0.396 e. The summed E-state index contributed by atoms with van der Waals surface area (Å²) >= 11 is 7.47. The van der Waals surface area contributed by atoms with Gasteiger partial charge in [-0.3, -0.25) is 4.79 Å². The van der Waals surface area contributed by atoms with E-state index in [2.05, 4.69) is 31.9 Å². The van der Waals surface area contributed by atoms with Gasteiger partial charge >= 0.3 is 10.9 Å². The number of esters is 1. The van der Waals surface area contributed by atoms with E-state index >= 15 is 0 Å². The van der Waals surface area contributed by atoms with Crippen molar-refractivity contribution in [2.24, 2.45) is 0 Å². The molecule has 16 heavy (non-hydrogen) atoms. The van der Waals surface area contributed by atoms with Crippen LogP contribution in [0, 0.1) is 0 Å². The van der Waals surface area contributed by atoms with Gasteiger partial charge in [0.15, 0.2) is 11.3 Å². The molecular formula is C9H4Br2O4S. The third kappa shape index (κ3) is 2.07. The van der Waals surface area contributed by atoms with Crippen molar-refractivity contribution in [2.45, 2.75) is 6.92 Å². The molecule has 0 amide bonds. The number of carbonyl (C=O) groups is 1. The molecule has 1 heterocycles. The number of hydrogen-bond acceptors (Lipinski definition) is 5. The van der Waals surface area contributed by atoms with Gasteiger partial charge in [-0.25, -0.2) is 4.79 Å². The summed E-state index contributed by atoms with van der Waals surface area (Å²) in [6.45, 7) is 1.31. The van der Waals surface area contributed by atoms with E-state index in [1.54, 1.807) is 6.07 Å². The molecule has 0 bridgehead atoms. The number of ether oxygens (including phenoxy) is 1. The SMILES string of the molecule is CC(=O)Oc1c(Br)cc2oc(=O)sc2c1Br. The Bertz CT molecular complexity index is 628. The Hall–Kier alpha value is -0.660. The van der Waals surface area contributed by atoms with E-state index in [0.29, 0.717) is 25.0 Å². The van der Waals surface area contributed by atoms with E-state index < -0.39 is 10.9 Å². The molecule has 0 atom stereocenters. The first-order chi connectivity index (χ1) is 7.49. The summed E-state index contributed by atoms with van der Waals surface area (Å²) in [5, 5.41) is 0. The molecule has 4 nitrogen and oxygen atoms in total. The molecule has 0 radical (unpaired) electrons. The highest BCUT2D eigenvalue weighted by molar-refractivity contribution is 9.11. The van der Waals surface area contributed by atoms with Crippen molar-refractivity contribution in [3.8, 4) is 5.75 Å². The van der Waals surface area contributed by atoms with Crippen molar-refractivity contribution in [2.75, 3.05) is 0 Å². The second-order valence-electron chi connectivity index (χ2n) is 2.88. The zero-order chi connectivity index (χ0) is 11.9. The van der Waals surface area contributed by atoms with Crippen molar-refractivity contribution in [3.05, 3.63) is 24.7 Å². The summed E-state index contributed by atoms with van der Waals surface area (Å²) in [7, 11) is 0. The molecule has 0 aliphatic heterocycles. The molecule has 1 aromatic carbocycles. The van der Waals surface area contributed by atoms with Gasteiger partial charge in [-0.05, 0) is 31.9 Å². The summed E-state index contributed by atoms with van der Waals surface area (Å²) in [4.78, 5) is 21.6. The van der Waals surface area contributed by atoms with E-state index in [9.17, 15) is 9.59 Å². The highest BCUT2D eigenvalue weighted by Gasteiger charge is 2.16. The fourth-order valence-electron chi connectivity index (χ4n) is 1.16. The number of halogens is 2. The van der Waals surface area contributed by atoms with E-state index in [1.165, 1.54) is 6.92 Å². The molecule has 7 heteroatoms. The number of rotatable bonds is 1. The topological polar surface area (TPSA) is 56.5 Å². The molecule has 2 rings (SSSR count). The van der Waals surface area contributed by atoms with Crippen LogP contribution < -0.4 is 9.68 Å². The molecule has 0 saturated heterocycles. The Morgan fingerprint density at radius 1 is 1.50 bits per heavy atom. The average molecular weight is 368 g/mol. The molecule has 0 fully saturated rings. The summed E-state index contributed by atoms with van der Waals surface area (Å²) < 4.78 is 11.7. The van der Waals surface area contributed by atoms with Crippen molar-refractivity contribution in [1.82, 2.24) is 0 Å². The third-order valence-corrected chi connectivity index (χ3v) is 4.19. The van der Waals surface area contributed by atoms with Crippen LogP contribution in [0.5, 0.6) is 5.75 Å². The summed E-state index contributed by atoms with van der Waals surface area (Å²) in [5.41, 5.74) is 0.449. The summed E-state index contributed by atoms with van der Waals surface area (Å²) in [6, 6.07) is 1.59. The minimum Gasteiger partial charge on any atom is -0.424 e. The van der Waals surface area contributed by atoms with Gasteiger partial charge in [0.2, 0.25) is 0 Å². The molecule has 1 aromatic heterocycles. The Labute approximate surface area is 110 Å². The second-order valence-corrected chi connectivity index (χ2v) is 5.47. The van der Waals surface area contributed by atoms with Crippen LogP contribution in [0.2, 0.25) is 0 Å². The predicted octanol–water partition coefficient (Wildman–Crippen LogP) is 3.30. The molecule has 0 unspecified atom stereocenters. The first-order valence-electron chi connectivity index (χ1n) is 4.09. The molecule has 0 saturated carbocycles. The lowest BCUT2D eigenvalue weighted by molar-refractivity contribution is -0.131. The van der Waals surface area contributed by atoms with E-state index in [0.717, 1.165) is 11.3 Å². The monoisotopic (exact) mass is 366 g/mol. The molecule has 2 aromatic rings. The van der Waals surface area contributed by atoms with Crippen molar-refractivity contribution < 1.29 is 13.9 Å². The van der Waals surface area contributed by atoms with Gasteiger partial charge < -0.3 is 9.15 Å². The van der Waals surface area contributed by atoms with Crippen LogP contribution >= 0.6 is 43.2 Å². The maximum absolute atomic E-state index is 11.1. The predicted molar refractivity (Wildman–Crippen MR) is 67.1 cm³/mol. The molecule has 0 aliphatic rings. The van der Waals surface area contributed by atoms with Gasteiger partial charge in [-0.15, -0.1) is 0 Å². The van der Waals surface area contributed by atoms with Gasteiger partial charge in [0.05, 0.1) is 13.6 Å². The summed E-state index contributed by atoms with van der Waals surface area (Å²) in [6.07, 6.45) is 0. The zero-order valence-corrected chi connectivity index (χ0v) is 11.9. The van der Waals surface area contributed by atoms with E-state index in [1.807, 2.05) is 0 Å². The standard InChI is InChI=1S/C9H4Br2O4S/c1-3(12)14-7-4(10)2-5-8(6(7)11)16-9(13)15-5/h2H,1H3. The molecule has 0 N–H and O–H groups in total. The van der Waals surface area contributed by atoms with Crippen molar-refractivity contribution in [3.63, 3.8) is 0 Å². The van der Waals surface area contributed by atoms with Crippen LogP contribution in [-0.4, -0.2) is 5.97 Å². The van der Waals surface area contributed by atoms with Crippen LogP contribution in [0.15, 0.2) is 24.2 Å². The van der Waals surface area contributed by atoms with Crippen molar-refractivity contribution in [1.29, 1.82) is 0 Å². The normalized spacial score (nSPS) is 10.7. The zero-order valence-electron chi connectivity index (χ0n) is 7.87. The summed E-state index contributed by atoms with van der Waals surface area (Å²) in [5.74, 6) is -0.0892. The van der Waals surface area contributed by atoms with Gasteiger partial charge in [0.25, 0.3) is 0 Å². The Balaban J connectivity index is 2.74. The molecular weight excluding hydrogens is 364 g/mol. The first-order valence-corrected chi connectivity index (χ1v) is 6.49. The van der Waals surface area contributed by atoms with E-state index in [-0.39, 0.29) is 0 Å². The highest BCUT2D eigenvalue weighted by Crippen LogP contribution is 2.40. The van der Waals surface area contributed by atoms with Crippen LogP contribution in [0.1, 0.15) is 6.92 Å². The maximum atomic E-state index is 11.1. The van der Waals surface area contributed by atoms with Crippen LogP contribution in [0.4, 0.5) is 0 Å².